The average molecular weight is 250 g/mol. The summed E-state index contributed by atoms with van der Waals surface area (Å²) in [5, 5.41) is 0. The van der Waals surface area contributed by atoms with E-state index in [-0.39, 0.29) is 18.4 Å². The van der Waals surface area contributed by atoms with Crippen LogP contribution in [-0.4, -0.2) is 0 Å². The Balaban J connectivity index is 0.00000225. The van der Waals surface area contributed by atoms with E-state index >= 15 is 0 Å². The molecule has 2 N–H and O–H groups in total. The molecule has 1 aromatic carbocycles. The van der Waals surface area contributed by atoms with Crippen molar-refractivity contribution < 1.29 is 8.78 Å². The van der Waals surface area contributed by atoms with Gasteiger partial charge in [0.1, 0.15) is 0 Å². The van der Waals surface area contributed by atoms with Gasteiger partial charge in [-0.15, -0.1) is 12.4 Å². The van der Waals surface area contributed by atoms with Gasteiger partial charge in [0.05, 0.1) is 0 Å². The van der Waals surface area contributed by atoms with Crippen molar-refractivity contribution in [3.05, 3.63) is 35.4 Å². The van der Waals surface area contributed by atoms with Crippen molar-refractivity contribution in [2.24, 2.45) is 11.7 Å². The zero-order valence-corrected chi connectivity index (χ0v) is 10.4. The molecular weight excluding hydrogens is 232 g/mol. The van der Waals surface area contributed by atoms with E-state index in [1.807, 2.05) is 0 Å². The molecule has 1 aromatic rings. The molecule has 16 heavy (non-hydrogen) atoms. The van der Waals surface area contributed by atoms with E-state index in [1.165, 1.54) is 6.07 Å². The topological polar surface area (TPSA) is 26.0 Å². The van der Waals surface area contributed by atoms with Crippen molar-refractivity contribution in [1.29, 1.82) is 0 Å². The highest BCUT2D eigenvalue weighted by atomic mass is 35.5. The van der Waals surface area contributed by atoms with E-state index in [0.29, 0.717) is 11.5 Å². The smallest absolute Gasteiger partial charge is 0.159 e. The standard InChI is InChI=1S/C12H17F2N.ClH/c1-8(2)3-6-12(15)9-4-5-10(13)11(14)7-9;/h4-5,7-8,12H,3,6,15H2,1-2H3;1H/t12-;/m0./s1. The maximum Gasteiger partial charge on any atom is 0.159 e. The molecule has 0 radical (unpaired) electrons. The third kappa shape index (κ3) is 4.45. The third-order valence-electron chi connectivity index (χ3n) is 2.43. The number of halogens is 3. The van der Waals surface area contributed by atoms with E-state index in [1.54, 1.807) is 6.07 Å². The second kappa shape index (κ2) is 6.81. The van der Waals surface area contributed by atoms with Crippen molar-refractivity contribution in [2.75, 3.05) is 0 Å². The SMILES string of the molecule is CC(C)CC[C@H](N)c1ccc(F)c(F)c1.Cl. The van der Waals surface area contributed by atoms with Crippen molar-refractivity contribution in [2.45, 2.75) is 32.7 Å². The molecule has 1 nitrogen and oxygen atoms in total. The lowest BCUT2D eigenvalue weighted by Crippen LogP contribution is -2.11. The van der Waals surface area contributed by atoms with Gasteiger partial charge in [-0.2, -0.15) is 0 Å². The summed E-state index contributed by atoms with van der Waals surface area (Å²) in [5.41, 5.74) is 6.53. The first kappa shape index (κ1) is 15.3. The van der Waals surface area contributed by atoms with Crippen LogP contribution in [-0.2, 0) is 0 Å². The molecule has 4 heteroatoms. The second-order valence-corrected chi connectivity index (χ2v) is 4.25. The lowest BCUT2D eigenvalue weighted by atomic mass is 9.98. The lowest BCUT2D eigenvalue weighted by molar-refractivity contribution is 0.491. The average Bonchev–Trinajstić information content (AvgIpc) is 2.18. The van der Waals surface area contributed by atoms with Gasteiger partial charge in [-0.05, 0) is 36.5 Å². The van der Waals surface area contributed by atoms with Crippen LogP contribution in [0, 0.1) is 17.6 Å². The van der Waals surface area contributed by atoms with Crippen molar-refractivity contribution in [1.82, 2.24) is 0 Å². The zero-order valence-electron chi connectivity index (χ0n) is 9.54. The Bertz CT molecular complexity index is 329. The molecule has 0 saturated carbocycles. The number of rotatable bonds is 4. The fourth-order valence-electron chi connectivity index (χ4n) is 1.42. The molecule has 0 amide bonds. The van der Waals surface area contributed by atoms with E-state index < -0.39 is 11.6 Å². The molecule has 0 aliphatic rings. The molecule has 0 aliphatic carbocycles. The van der Waals surface area contributed by atoms with E-state index in [9.17, 15) is 8.78 Å². The zero-order chi connectivity index (χ0) is 11.4. The van der Waals surface area contributed by atoms with Crippen LogP contribution in [0.3, 0.4) is 0 Å². The quantitative estimate of drug-likeness (QED) is 0.863. The van der Waals surface area contributed by atoms with Crippen LogP contribution in [0.1, 0.15) is 38.3 Å². The summed E-state index contributed by atoms with van der Waals surface area (Å²) in [7, 11) is 0. The van der Waals surface area contributed by atoms with Crippen LogP contribution in [0.15, 0.2) is 18.2 Å². The highest BCUT2D eigenvalue weighted by molar-refractivity contribution is 5.85. The molecular formula is C12H18ClF2N. The Morgan fingerprint density at radius 2 is 1.75 bits per heavy atom. The van der Waals surface area contributed by atoms with E-state index in [2.05, 4.69) is 13.8 Å². The predicted molar refractivity (Wildman–Crippen MR) is 64.6 cm³/mol. The molecule has 0 spiro atoms. The molecule has 1 rings (SSSR count). The summed E-state index contributed by atoms with van der Waals surface area (Å²) in [6, 6.07) is 3.64. The van der Waals surface area contributed by atoms with Crippen LogP contribution in [0.2, 0.25) is 0 Å². The van der Waals surface area contributed by atoms with Gasteiger partial charge < -0.3 is 5.73 Å². The van der Waals surface area contributed by atoms with Gasteiger partial charge in [-0.25, -0.2) is 8.78 Å². The highest BCUT2D eigenvalue weighted by Crippen LogP contribution is 2.20. The Morgan fingerprint density at radius 1 is 1.12 bits per heavy atom. The largest absolute Gasteiger partial charge is 0.324 e. The Labute approximate surface area is 101 Å². The normalized spacial score (nSPS) is 12.4. The molecule has 0 bridgehead atoms. The molecule has 0 aliphatic heterocycles. The molecule has 0 heterocycles. The maximum absolute atomic E-state index is 12.9. The van der Waals surface area contributed by atoms with Crippen molar-refractivity contribution in [3.63, 3.8) is 0 Å². The van der Waals surface area contributed by atoms with E-state index in [0.717, 1.165) is 18.9 Å². The number of hydrogen-bond acceptors (Lipinski definition) is 1. The van der Waals surface area contributed by atoms with Gasteiger partial charge in [0.15, 0.2) is 11.6 Å². The van der Waals surface area contributed by atoms with Gasteiger partial charge in [0.25, 0.3) is 0 Å². The lowest BCUT2D eigenvalue weighted by Gasteiger charge is -2.13. The van der Waals surface area contributed by atoms with Gasteiger partial charge >= 0.3 is 0 Å². The van der Waals surface area contributed by atoms with Crippen LogP contribution in [0.5, 0.6) is 0 Å². The van der Waals surface area contributed by atoms with Gasteiger partial charge in [-0.3, -0.25) is 0 Å². The molecule has 0 aromatic heterocycles. The first-order chi connectivity index (χ1) is 7.00. The van der Waals surface area contributed by atoms with Crippen LogP contribution >= 0.6 is 12.4 Å². The molecule has 0 fully saturated rings. The Kier molecular flexibility index (Phi) is 6.53. The van der Waals surface area contributed by atoms with E-state index in [4.69, 9.17) is 5.73 Å². The van der Waals surface area contributed by atoms with Gasteiger partial charge in [-0.1, -0.05) is 19.9 Å². The predicted octanol–water partition coefficient (Wildman–Crippen LogP) is 3.82. The maximum atomic E-state index is 12.9. The molecule has 92 valence electrons. The summed E-state index contributed by atoms with van der Waals surface area (Å²) in [4.78, 5) is 0. The fraction of sp³-hybridized carbons (Fsp3) is 0.500. The summed E-state index contributed by atoms with van der Waals surface area (Å²) in [6.45, 7) is 4.22. The molecule has 0 unspecified atom stereocenters. The van der Waals surface area contributed by atoms with Crippen molar-refractivity contribution in [3.8, 4) is 0 Å². The van der Waals surface area contributed by atoms with Crippen molar-refractivity contribution >= 4 is 12.4 Å². The third-order valence-corrected chi connectivity index (χ3v) is 2.43. The summed E-state index contributed by atoms with van der Waals surface area (Å²) < 4.78 is 25.6. The minimum atomic E-state index is -0.826. The minimum absolute atomic E-state index is 0. The number of nitrogens with two attached hydrogens (primary N) is 1. The fourth-order valence-corrected chi connectivity index (χ4v) is 1.42. The Morgan fingerprint density at radius 3 is 2.25 bits per heavy atom. The number of benzene rings is 1. The van der Waals surface area contributed by atoms with Crippen LogP contribution < -0.4 is 5.73 Å². The summed E-state index contributed by atoms with van der Waals surface area (Å²) in [5.74, 6) is -1.08. The summed E-state index contributed by atoms with van der Waals surface area (Å²) >= 11 is 0. The van der Waals surface area contributed by atoms with Crippen LogP contribution in [0.25, 0.3) is 0 Å². The second-order valence-electron chi connectivity index (χ2n) is 4.25. The first-order valence-corrected chi connectivity index (χ1v) is 5.21. The monoisotopic (exact) mass is 249 g/mol. The minimum Gasteiger partial charge on any atom is -0.324 e. The Hall–Kier alpha value is -0.670. The molecule has 1 atom stereocenters. The molecule has 0 saturated heterocycles. The number of hydrogen-bond donors (Lipinski definition) is 1. The highest BCUT2D eigenvalue weighted by Gasteiger charge is 2.10. The van der Waals surface area contributed by atoms with Gasteiger partial charge in [0, 0.05) is 6.04 Å². The van der Waals surface area contributed by atoms with Crippen LogP contribution in [0.4, 0.5) is 8.78 Å². The van der Waals surface area contributed by atoms with Gasteiger partial charge in [0.2, 0.25) is 0 Å². The summed E-state index contributed by atoms with van der Waals surface area (Å²) in [6.07, 6.45) is 1.78. The first-order valence-electron chi connectivity index (χ1n) is 5.21.